The molecule has 0 saturated carbocycles. The van der Waals surface area contributed by atoms with Gasteiger partial charge in [-0.1, -0.05) is 18.2 Å². The predicted molar refractivity (Wildman–Crippen MR) is 73.8 cm³/mol. The second-order valence-corrected chi connectivity index (χ2v) is 5.19. The standard InChI is InChI=1S/C14H12F3NOS/c15-14(16,17)20-12-7-5-11(6-8-12)18-9-10-3-1-2-4-13(10)19/h1-8,18-19H,9H2. The van der Waals surface area contributed by atoms with Gasteiger partial charge in [0, 0.05) is 22.7 Å². The third-order valence-corrected chi connectivity index (χ3v) is 3.30. The number of thioether (sulfide) groups is 1. The molecule has 6 heteroatoms. The van der Waals surface area contributed by atoms with Gasteiger partial charge in [0.05, 0.1) is 0 Å². The minimum absolute atomic E-state index is 0.141. The lowest BCUT2D eigenvalue weighted by atomic mass is 10.2. The number of alkyl halides is 3. The first-order valence-corrected chi connectivity index (χ1v) is 6.62. The van der Waals surface area contributed by atoms with Gasteiger partial charge in [-0.25, -0.2) is 0 Å². The molecule has 0 bridgehead atoms. The van der Waals surface area contributed by atoms with Gasteiger partial charge >= 0.3 is 5.51 Å². The first kappa shape index (κ1) is 14.6. The molecule has 0 fully saturated rings. The summed E-state index contributed by atoms with van der Waals surface area (Å²) in [4.78, 5) is 0.144. The van der Waals surface area contributed by atoms with Crippen LogP contribution >= 0.6 is 11.8 Å². The van der Waals surface area contributed by atoms with E-state index in [1.807, 2.05) is 0 Å². The van der Waals surface area contributed by atoms with Crippen molar-refractivity contribution in [1.29, 1.82) is 0 Å². The van der Waals surface area contributed by atoms with E-state index in [4.69, 9.17) is 0 Å². The minimum atomic E-state index is -4.27. The van der Waals surface area contributed by atoms with E-state index in [0.29, 0.717) is 12.2 Å². The van der Waals surface area contributed by atoms with Crippen molar-refractivity contribution >= 4 is 17.4 Å². The monoisotopic (exact) mass is 299 g/mol. The number of rotatable bonds is 4. The van der Waals surface area contributed by atoms with Crippen molar-refractivity contribution in [3.63, 3.8) is 0 Å². The quantitative estimate of drug-likeness (QED) is 0.808. The van der Waals surface area contributed by atoms with Gasteiger partial charge in [-0.15, -0.1) is 0 Å². The third-order valence-electron chi connectivity index (χ3n) is 2.56. The molecule has 0 aliphatic rings. The van der Waals surface area contributed by atoms with Gasteiger partial charge in [0.1, 0.15) is 5.75 Å². The van der Waals surface area contributed by atoms with Crippen LogP contribution < -0.4 is 5.32 Å². The van der Waals surface area contributed by atoms with Crippen molar-refractivity contribution in [3.05, 3.63) is 54.1 Å². The number of phenolic OH excluding ortho intramolecular Hbond substituents is 1. The highest BCUT2D eigenvalue weighted by molar-refractivity contribution is 8.00. The Morgan fingerprint density at radius 1 is 1.00 bits per heavy atom. The first-order valence-electron chi connectivity index (χ1n) is 5.80. The zero-order chi connectivity index (χ0) is 14.6. The molecule has 20 heavy (non-hydrogen) atoms. The Bertz CT molecular complexity index is 569. The van der Waals surface area contributed by atoms with Gasteiger partial charge in [0.2, 0.25) is 0 Å². The van der Waals surface area contributed by atoms with E-state index in [-0.39, 0.29) is 22.4 Å². The van der Waals surface area contributed by atoms with Crippen molar-refractivity contribution < 1.29 is 18.3 Å². The number of benzene rings is 2. The Hall–Kier alpha value is -1.82. The van der Waals surface area contributed by atoms with Crippen LogP contribution in [0.2, 0.25) is 0 Å². The summed E-state index contributed by atoms with van der Waals surface area (Å²) in [6.07, 6.45) is 0. The summed E-state index contributed by atoms with van der Waals surface area (Å²) in [5.74, 6) is 0.184. The average molecular weight is 299 g/mol. The predicted octanol–water partition coefficient (Wildman–Crippen LogP) is 4.62. The van der Waals surface area contributed by atoms with Crippen LogP contribution in [-0.4, -0.2) is 10.6 Å². The van der Waals surface area contributed by atoms with Crippen molar-refractivity contribution in [2.24, 2.45) is 0 Å². The second-order valence-electron chi connectivity index (χ2n) is 4.05. The van der Waals surface area contributed by atoms with Crippen LogP contribution in [0.15, 0.2) is 53.4 Å². The zero-order valence-corrected chi connectivity index (χ0v) is 11.1. The van der Waals surface area contributed by atoms with Crippen LogP contribution in [0.5, 0.6) is 5.75 Å². The Kier molecular flexibility index (Phi) is 4.44. The van der Waals surface area contributed by atoms with E-state index >= 15 is 0 Å². The van der Waals surface area contributed by atoms with Gasteiger partial charge in [-0.3, -0.25) is 0 Å². The molecule has 2 aromatic rings. The van der Waals surface area contributed by atoms with Gasteiger partial charge in [-0.2, -0.15) is 13.2 Å². The fourth-order valence-electron chi connectivity index (χ4n) is 1.63. The van der Waals surface area contributed by atoms with Gasteiger partial charge < -0.3 is 10.4 Å². The first-order chi connectivity index (χ1) is 9.44. The number of anilines is 1. The Morgan fingerprint density at radius 3 is 2.25 bits per heavy atom. The molecule has 106 valence electrons. The van der Waals surface area contributed by atoms with Crippen LogP contribution in [0.4, 0.5) is 18.9 Å². The maximum Gasteiger partial charge on any atom is 0.446 e. The number of halogens is 3. The van der Waals surface area contributed by atoms with Crippen molar-refractivity contribution in [3.8, 4) is 5.75 Å². The zero-order valence-electron chi connectivity index (χ0n) is 10.3. The van der Waals surface area contributed by atoms with E-state index in [1.54, 1.807) is 36.4 Å². The highest BCUT2D eigenvalue weighted by Crippen LogP contribution is 2.37. The van der Waals surface area contributed by atoms with Crippen LogP contribution in [0, 0.1) is 0 Å². The van der Waals surface area contributed by atoms with Gasteiger partial charge in [0.25, 0.3) is 0 Å². The lowest BCUT2D eigenvalue weighted by molar-refractivity contribution is -0.0328. The van der Waals surface area contributed by atoms with Crippen LogP contribution in [0.3, 0.4) is 0 Å². The number of aromatic hydroxyl groups is 1. The lowest BCUT2D eigenvalue weighted by Crippen LogP contribution is -2.00. The molecule has 0 aliphatic carbocycles. The normalized spacial score (nSPS) is 11.3. The molecule has 0 amide bonds. The Labute approximate surface area is 118 Å². The molecular formula is C14H12F3NOS. The van der Waals surface area contributed by atoms with E-state index in [2.05, 4.69) is 5.32 Å². The molecule has 2 nitrogen and oxygen atoms in total. The maximum atomic E-state index is 12.2. The van der Waals surface area contributed by atoms with Crippen LogP contribution in [-0.2, 0) is 6.54 Å². The van der Waals surface area contributed by atoms with E-state index < -0.39 is 5.51 Å². The van der Waals surface area contributed by atoms with Crippen molar-refractivity contribution in [2.75, 3.05) is 5.32 Å². The van der Waals surface area contributed by atoms with Crippen LogP contribution in [0.25, 0.3) is 0 Å². The smallest absolute Gasteiger partial charge is 0.446 e. The largest absolute Gasteiger partial charge is 0.508 e. The topological polar surface area (TPSA) is 32.3 Å². The van der Waals surface area contributed by atoms with E-state index in [9.17, 15) is 18.3 Å². The highest BCUT2D eigenvalue weighted by atomic mass is 32.2. The molecule has 0 unspecified atom stereocenters. The molecular weight excluding hydrogens is 287 g/mol. The number of nitrogens with one attached hydrogen (secondary N) is 1. The maximum absolute atomic E-state index is 12.2. The minimum Gasteiger partial charge on any atom is -0.508 e. The summed E-state index contributed by atoms with van der Waals surface area (Å²) < 4.78 is 36.5. The summed E-state index contributed by atoms with van der Waals surface area (Å²) in [6.45, 7) is 0.401. The van der Waals surface area contributed by atoms with Gasteiger partial charge in [-0.05, 0) is 42.1 Å². The Morgan fingerprint density at radius 2 is 1.65 bits per heavy atom. The van der Waals surface area contributed by atoms with Crippen molar-refractivity contribution in [2.45, 2.75) is 16.9 Å². The van der Waals surface area contributed by atoms with Crippen LogP contribution in [0.1, 0.15) is 5.56 Å². The van der Waals surface area contributed by atoms with E-state index in [1.165, 1.54) is 12.1 Å². The second kappa shape index (κ2) is 6.09. The summed E-state index contributed by atoms with van der Waals surface area (Å²) in [5, 5.41) is 12.6. The molecule has 0 spiro atoms. The molecule has 0 heterocycles. The fourth-order valence-corrected chi connectivity index (χ4v) is 2.17. The number of hydrogen-bond donors (Lipinski definition) is 2. The van der Waals surface area contributed by atoms with E-state index in [0.717, 1.165) is 5.56 Å². The SMILES string of the molecule is Oc1ccccc1CNc1ccc(SC(F)(F)F)cc1. The summed E-state index contributed by atoms with van der Waals surface area (Å²) in [6, 6.07) is 12.9. The molecule has 0 radical (unpaired) electrons. The number of hydrogen-bond acceptors (Lipinski definition) is 3. The highest BCUT2D eigenvalue weighted by Gasteiger charge is 2.28. The molecule has 2 rings (SSSR count). The summed E-state index contributed by atoms with van der Waals surface area (Å²) in [5.41, 5.74) is -2.86. The number of para-hydroxylation sites is 1. The van der Waals surface area contributed by atoms with Crippen molar-refractivity contribution in [1.82, 2.24) is 0 Å². The third kappa shape index (κ3) is 4.38. The fraction of sp³-hybridized carbons (Fsp3) is 0.143. The number of phenols is 1. The molecule has 0 aromatic heterocycles. The lowest BCUT2D eigenvalue weighted by Gasteiger charge is -2.09. The summed E-state index contributed by atoms with van der Waals surface area (Å²) in [7, 11) is 0. The Balaban J connectivity index is 1.96. The molecule has 2 aromatic carbocycles. The van der Waals surface area contributed by atoms with Gasteiger partial charge in [0.15, 0.2) is 0 Å². The summed E-state index contributed by atoms with van der Waals surface area (Å²) >= 11 is -0.141. The molecule has 0 atom stereocenters. The molecule has 0 aliphatic heterocycles. The average Bonchev–Trinajstić information content (AvgIpc) is 2.38. The molecule has 2 N–H and O–H groups in total. The molecule has 0 saturated heterocycles.